The largest absolute Gasteiger partial charge is 0.310 e. The van der Waals surface area contributed by atoms with Crippen molar-refractivity contribution in [2.24, 2.45) is 0 Å². The van der Waals surface area contributed by atoms with Crippen molar-refractivity contribution in [1.29, 1.82) is 0 Å². The molecule has 0 spiro atoms. The van der Waals surface area contributed by atoms with Gasteiger partial charge in [0.25, 0.3) is 0 Å². The van der Waals surface area contributed by atoms with E-state index >= 15 is 0 Å². The van der Waals surface area contributed by atoms with E-state index in [1.54, 1.807) is 0 Å². The Morgan fingerprint density at radius 3 is 1.72 bits per heavy atom. The molecule has 10 rings (SSSR count). The molecule has 1 heteroatoms. The Balaban J connectivity index is 1.26. The lowest BCUT2D eigenvalue weighted by Crippen LogP contribution is -2.15. The minimum absolute atomic E-state index is 0.0548. The summed E-state index contributed by atoms with van der Waals surface area (Å²) < 4.78 is 0. The number of benzene rings is 9. The van der Waals surface area contributed by atoms with Crippen LogP contribution in [0.15, 0.2) is 176 Å². The van der Waals surface area contributed by atoms with Gasteiger partial charge in [-0.1, -0.05) is 159 Å². The molecule has 9 aromatic carbocycles. The third kappa shape index (κ3) is 4.27. The Bertz CT molecular complexity index is 2800. The molecule has 0 saturated heterocycles. The third-order valence-electron chi connectivity index (χ3n) is 11.0. The summed E-state index contributed by atoms with van der Waals surface area (Å²) in [5, 5.41) is 10.1. The van der Waals surface area contributed by atoms with Crippen LogP contribution in [0.3, 0.4) is 0 Å². The maximum absolute atomic E-state index is 2.48. The molecule has 0 unspecified atom stereocenters. The molecule has 0 radical (unpaired) electrons. The van der Waals surface area contributed by atoms with Gasteiger partial charge in [0.15, 0.2) is 0 Å². The first-order valence-electron chi connectivity index (χ1n) is 17.5. The van der Waals surface area contributed by atoms with E-state index in [2.05, 4.69) is 195 Å². The Labute approximate surface area is 292 Å². The number of anilines is 3. The summed E-state index contributed by atoms with van der Waals surface area (Å²) in [6.07, 6.45) is 0. The topological polar surface area (TPSA) is 3.24 Å². The minimum atomic E-state index is -0.0548. The van der Waals surface area contributed by atoms with Crippen LogP contribution >= 0.6 is 0 Å². The molecular formula is C49H35N. The summed E-state index contributed by atoms with van der Waals surface area (Å²) in [6.45, 7) is 4.70. The summed E-state index contributed by atoms with van der Waals surface area (Å²) in [5.74, 6) is 0. The molecular weight excluding hydrogens is 603 g/mol. The lowest BCUT2D eigenvalue weighted by molar-refractivity contribution is 0.660. The molecule has 236 valence electrons. The summed E-state index contributed by atoms with van der Waals surface area (Å²) in [7, 11) is 0. The van der Waals surface area contributed by atoms with Crippen molar-refractivity contribution in [3.05, 3.63) is 187 Å². The predicted molar refractivity (Wildman–Crippen MR) is 214 cm³/mol. The van der Waals surface area contributed by atoms with Crippen LogP contribution in [-0.4, -0.2) is 0 Å². The number of rotatable bonds is 4. The van der Waals surface area contributed by atoms with Gasteiger partial charge in [-0.2, -0.15) is 0 Å². The second-order valence-electron chi connectivity index (χ2n) is 14.1. The Kier molecular flexibility index (Phi) is 6.29. The fourth-order valence-corrected chi connectivity index (χ4v) is 8.58. The molecule has 1 aliphatic rings. The molecule has 1 aliphatic carbocycles. The van der Waals surface area contributed by atoms with E-state index in [0.29, 0.717) is 0 Å². The fraction of sp³-hybridized carbons (Fsp3) is 0.0612. The monoisotopic (exact) mass is 637 g/mol. The van der Waals surface area contributed by atoms with Gasteiger partial charge in [-0.3, -0.25) is 0 Å². The van der Waals surface area contributed by atoms with Crippen molar-refractivity contribution >= 4 is 60.2 Å². The average Bonchev–Trinajstić information content (AvgIpc) is 3.40. The fourth-order valence-electron chi connectivity index (χ4n) is 8.58. The summed E-state index contributed by atoms with van der Waals surface area (Å²) in [5.41, 5.74) is 11.2. The first-order chi connectivity index (χ1) is 24.6. The number of nitrogens with zero attached hydrogens (tertiary/aromatic N) is 1. The van der Waals surface area contributed by atoms with Gasteiger partial charge in [0, 0.05) is 22.4 Å². The molecule has 0 bridgehead atoms. The van der Waals surface area contributed by atoms with Crippen LogP contribution in [0.2, 0.25) is 0 Å². The van der Waals surface area contributed by atoms with Gasteiger partial charge in [-0.25, -0.2) is 0 Å². The van der Waals surface area contributed by atoms with Gasteiger partial charge in [0.05, 0.1) is 5.69 Å². The van der Waals surface area contributed by atoms with Crippen molar-refractivity contribution in [1.82, 2.24) is 0 Å². The van der Waals surface area contributed by atoms with Crippen molar-refractivity contribution in [2.75, 3.05) is 4.90 Å². The Morgan fingerprint density at radius 1 is 0.340 bits per heavy atom. The Hall–Kier alpha value is -6.18. The molecule has 0 fully saturated rings. The number of hydrogen-bond acceptors (Lipinski definition) is 1. The highest BCUT2D eigenvalue weighted by molar-refractivity contribution is 6.18. The second-order valence-corrected chi connectivity index (χ2v) is 14.1. The van der Waals surface area contributed by atoms with Crippen LogP contribution in [0.4, 0.5) is 17.1 Å². The molecule has 0 atom stereocenters. The van der Waals surface area contributed by atoms with E-state index in [-0.39, 0.29) is 5.41 Å². The number of para-hydroxylation sites is 1. The SMILES string of the molecule is CC1(C)c2ccccc2-c2cc(N(c3ccc4ccc5c6ccccc6ccc5c4c3)c3ccccc3-c3cccc4ccccc34)ccc21. The summed E-state index contributed by atoms with van der Waals surface area (Å²) >= 11 is 0. The van der Waals surface area contributed by atoms with E-state index in [1.165, 1.54) is 76.5 Å². The first-order valence-corrected chi connectivity index (χ1v) is 17.5. The van der Waals surface area contributed by atoms with Gasteiger partial charge in [-0.15, -0.1) is 0 Å². The predicted octanol–water partition coefficient (Wildman–Crippen LogP) is 13.7. The van der Waals surface area contributed by atoms with E-state index < -0.39 is 0 Å². The minimum Gasteiger partial charge on any atom is -0.310 e. The smallest absolute Gasteiger partial charge is 0.0540 e. The lowest BCUT2D eigenvalue weighted by Gasteiger charge is -2.29. The maximum Gasteiger partial charge on any atom is 0.0540 e. The van der Waals surface area contributed by atoms with Crippen LogP contribution in [-0.2, 0) is 5.41 Å². The summed E-state index contributed by atoms with van der Waals surface area (Å²) in [4.78, 5) is 2.48. The van der Waals surface area contributed by atoms with E-state index in [0.717, 1.165) is 17.1 Å². The quantitative estimate of drug-likeness (QED) is 0.174. The molecule has 1 nitrogen and oxygen atoms in total. The third-order valence-corrected chi connectivity index (χ3v) is 11.0. The molecule has 50 heavy (non-hydrogen) atoms. The van der Waals surface area contributed by atoms with Crippen molar-refractivity contribution < 1.29 is 0 Å². The lowest BCUT2D eigenvalue weighted by atomic mass is 9.82. The molecule has 0 saturated carbocycles. The van der Waals surface area contributed by atoms with Gasteiger partial charge in [-0.05, 0) is 101 Å². The molecule has 0 aliphatic heterocycles. The van der Waals surface area contributed by atoms with Crippen molar-refractivity contribution in [3.63, 3.8) is 0 Å². The van der Waals surface area contributed by atoms with Crippen LogP contribution in [0, 0.1) is 0 Å². The van der Waals surface area contributed by atoms with Gasteiger partial charge < -0.3 is 4.90 Å². The maximum atomic E-state index is 2.48. The van der Waals surface area contributed by atoms with Crippen LogP contribution < -0.4 is 4.90 Å². The highest BCUT2D eigenvalue weighted by atomic mass is 15.1. The van der Waals surface area contributed by atoms with Gasteiger partial charge in [0.1, 0.15) is 0 Å². The highest BCUT2D eigenvalue weighted by Gasteiger charge is 2.35. The zero-order valence-corrected chi connectivity index (χ0v) is 28.2. The van der Waals surface area contributed by atoms with Gasteiger partial charge in [0.2, 0.25) is 0 Å². The first kappa shape index (κ1) is 28.8. The molecule has 0 amide bonds. The average molecular weight is 638 g/mol. The molecule has 9 aromatic rings. The normalized spacial score (nSPS) is 13.2. The van der Waals surface area contributed by atoms with Crippen molar-refractivity contribution in [3.8, 4) is 22.3 Å². The van der Waals surface area contributed by atoms with Crippen LogP contribution in [0.5, 0.6) is 0 Å². The van der Waals surface area contributed by atoms with Gasteiger partial charge >= 0.3 is 0 Å². The van der Waals surface area contributed by atoms with E-state index in [1.807, 2.05) is 0 Å². The van der Waals surface area contributed by atoms with Crippen molar-refractivity contribution in [2.45, 2.75) is 19.3 Å². The molecule has 0 aromatic heterocycles. The Morgan fingerprint density at radius 2 is 0.880 bits per heavy atom. The summed E-state index contributed by atoms with van der Waals surface area (Å²) in [6, 6.07) is 65.1. The standard InChI is InChI=1S/C49H35N/c1-49(2)46-20-9-7-17-42(46)45-31-36(26-29-47(45)49)50(48-21-10-8-18-43(48)39-19-11-14-32-12-3-5-15-37(32)39)35-25-22-34-24-27-40-38-16-6-4-13-33(38)23-28-41(40)44(34)30-35/h3-31H,1-2H3. The number of hydrogen-bond donors (Lipinski definition) is 0. The van der Waals surface area contributed by atoms with E-state index in [9.17, 15) is 0 Å². The highest BCUT2D eigenvalue weighted by Crippen LogP contribution is 2.51. The number of fused-ring (bicyclic) bond motifs is 9. The second kappa shape index (κ2) is 10.9. The van der Waals surface area contributed by atoms with Crippen LogP contribution in [0.1, 0.15) is 25.0 Å². The molecule has 0 N–H and O–H groups in total. The van der Waals surface area contributed by atoms with E-state index in [4.69, 9.17) is 0 Å². The molecule has 0 heterocycles. The van der Waals surface area contributed by atoms with Crippen LogP contribution in [0.25, 0.3) is 65.3 Å². The zero-order chi connectivity index (χ0) is 33.4. The zero-order valence-electron chi connectivity index (χ0n) is 28.2.